The molecular weight excluding hydrogens is 332 g/mol. The predicted octanol–water partition coefficient (Wildman–Crippen LogP) is 3.16. The molecule has 2 aromatic carbocycles. The van der Waals surface area contributed by atoms with E-state index in [2.05, 4.69) is 17.0 Å². The van der Waals surface area contributed by atoms with E-state index in [0.717, 1.165) is 35.8 Å². The van der Waals surface area contributed by atoms with Crippen molar-refractivity contribution in [3.05, 3.63) is 54.1 Å². The first-order valence-corrected chi connectivity index (χ1v) is 8.63. The maximum absolute atomic E-state index is 11.5. The van der Waals surface area contributed by atoms with Crippen LogP contribution in [-0.2, 0) is 11.3 Å². The van der Waals surface area contributed by atoms with Crippen LogP contribution in [0.2, 0.25) is 0 Å². The van der Waals surface area contributed by atoms with Gasteiger partial charge in [-0.3, -0.25) is 0 Å². The largest absolute Gasteiger partial charge is 0.497 e. The van der Waals surface area contributed by atoms with Gasteiger partial charge in [0.25, 0.3) is 0 Å². The van der Waals surface area contributed by atoms with Gasteiger partial charge in [-0.05, 0) is 42.0 Å². The SMILES string of the molecule is COC(=O)N1CCN(c2ccc(OCc3cccc(OC)c3)cc2)CC1. The van der Waals surface area contributed by atoms with Gasteiger partial charge in [0.15, 0.2) is 0 Å². The van der Waals surface area contributed by atoms with Crippen LogP contribution >= 0.6 is 0 Å². The molecule has 0 bridgehead atoms. The lowest BCUT2D eigenvalue weighted by Crippen LogP contribution is -2.48. The first kappa shape index (κ1) is 17.9. The molecule has 0 spiro atoms. The number of anilines is 1. The summed E-state index contributed by atoms with van der Waals surface area (Å²) in [5.74, 6) is 1.65. The number of carbonyl (C=O) groups excluding carboxylic acids is 1. The van der Waals surface area contributed by atoms with Gasteiger partial charge in [-0.1, -0.05) is 12.1 Å². The van der Waals surface area contributed by atoms with Gasteiger partial charge < -0.3 is 24.0 Å². The highest BCUT2D eigenvalue weighted by Crippen LogP contribution is 2.22. The van der Waals surface area contributed by atoms with E-state index in [1.807, 2.05) is 36.4 Å². The van der Waals surface area contributed by atoms with Crippen LogP contribution < -0.4 is 14.4 Å². The van der Waals surface area contributed by atoms with Crippen molar-refractivity contribution >= 4 is 11.8 Å². The van der Waals surface area contributed by atoms with Gasteiger partial charge in [0.05, 0.1) is 14.2 Å². The predicted molar refractivity (Wildman–Crippen MR) is 100.0 cm³/mol. The number of hydrogen-bond acceptors (Lipinski definition) is 5. The van der Waals surface area contributed by atoms with Crippen molar-refractivity contribution in [3.8, 4) is 11.5 Å². The molecular formula is C20H24N2O4. The van der Waals surface area contributed by atoms with E-state index >= 15 is 0 Å². The van der Waals surface area contributed by atoms with Gasteiger partial charge in [-0.25, -0.2) is 4.79 Å². The van der Waals surface area contributed by atoms with E-state index < -0.39 is 0 Å². The van der Waals surface area contributed by atoms with E-state index in [9.17, 15) is 4.79 Å². The highest BCUT2D eigenvalue weighted by atomic mass is 16.5. The van der Waals surface area contributed by atoms with Crippen LogP contribution in [0.5, 0.6) is 11.5 Å². The zero-order valence-electron chi connectivity index (χ0n) is 15.2. The average Bonchev–Trinajstić information content (AvgIpc) is 2.72. The Morgan fingerprint density at radius 3 is 2.35 bits per heavy atom. The van der Waals surface area contributed by atoms with Crippen LogP contribution in [0, 0.1) is 0 Å². The molecule has 1 fully saturated rings. The standard InChI is InChI=1S/C20H24N2O4/c1-24-19-5-3-4-16(14-19)15-26-18-8-6-17(7-9-18)21-10-12-22(13-11-21)20(23)25-2/h3-9,14H,10-13,15H2,1-2H3. The Morgan fingerprint density at radius 2 is 1.69 bits per heavy atom. The first-order chi connectivity index (χ1) is 12.7. The van der Waals surface area contributed by atoms with E-state index in [-0.39, 0.29) is 6.09 Å². The Hall–Kier alpha value is -2.89. The van der Waals surface area contributed by atoms with Crippen molar-refractivity contribution in [3.63, 3.8) is 0 Å². The topological polar surface area (TPSA) is 51.2 Å². The molecule has 0 saturated carbocycles. The number of hydrogen-bond donors (Lipinski definition) is 0. The second-order valence-electron chi connectivity index (χ2n) is 6.08. The number of nitrogens with zero attached hydrogens (tertiary/aromatic N) is 2. The van der Waals surface area contributed by atoms with Crippen molar-refractivity contribution in [2.75, 3.05) is 45.3 Å². The van der Waals surface area contributed by atoms with Gasteiger partial charge in [0, 0.05) is 31.9 Å². The van der Waals surface area contributed by atoms with Gasteiger partial charge in [-0.15, -0.1) is 0 Å². The van der Waals surface area contributed by atoms with E-state index in [1.54, 1.807) is 12.0 Å². The van der Waals surface area contributed by atoms with Crippen LogP contribution in [0.15, 0.2) is 48.5 Å². The van der Waals surface area contributed by atoms with Gasteiger partial charge in [-0.2, -0.15) is 0 Å². The number of amides is 1. The molecule has 2 aromatic rings. The molecule has 138 valence electrons. The van der Waals surface area contributed by atoms with Crippen molar-refractivity contribution < 1.29 is 19.0 Å². The zero-order valence-corrected chi connectivity index (χ0v) is 15.2. The van der Waals surface area contributed by atoms with Crippen LogP contribution in [0.4, 0.5) is 10.5 Å². The Bertz CT molecular complexity index is 725. The number of piperazine rings is 1. The molecule has 1 aliphatic heterocycles. The zero-order chi connectivity index (χ0) is 18.4. The molecule has 0 radical (unpaired) electrons. The van der Waals surface area contributed by atoms with Gasteiger partial charge >= 0.3 is 6.09 Å². The molecule has 0 unspecified atom stereocenters. The molecule has 0 N–H and O–H groups in total. The molecule has 0 aromatic heterocycles. The monoisotopic (exact) mass is 356 g/mol. The smallest absolute Gasteiger partial charge is 0.409 e. The third-order valence-corrected chi connectivity index (χ3v) is 4.45. The average molecular weight is 356 g/mol. The minimum atomic E-state index is -0.258. The lowest BCUT2D eigenvalue weighted by atomic mass is 10.2. The van der Waals surface area contributed by atoms with E-state index in [1.165, 1.54) is 7.11 Å². The highest BCUT2D eigenvalue weighted by Gasteiger charge is 2.21. The fourth-order valence-corrected chi connectivity index (χ4v) is 2.96. The lowest BCUT2D eigenvalue weighted by Gasteiger charge is -2.35. The van der Waals surface area contributed by atoms with E-state index in [4.69, 9.17) is 14.2 Å². The number of carbonyl (C=O) groups is 1. The van der Waals surface area contributed by atoms with Crippen LogP contribution in [0.3, 0.4) is 0 Å². The second-order valence-corrected chi connectivity index (χ2v) is 6.08. The molecule has 1 saturated heterocycles. The minimum absolute atomic E-state index is 0.258. The summed E-state index contributed by atoms with van der Waals surface area (Å²) >= 11 is 0. The summed E-state index contributed by atoms with van der Waals surface area (Å²) in [6.45, 7) is 3.41. The number of rotatable bonds is 5. The van der Waals surface area contributed by atoms with Crippen molar-refractivity contribution in [2.24, 2.45) is 0 Å². The molecule has 1 aliphatic rings. The molecule has 0 aliphatic carbocycles. The summed E-state index contributed by atoms with van der Waals surface area (Å²) < 4.78 is 15.8. The summed E-state index contributed by atoms with van der Waals surface area (Å²) in [5, 5.41) is 0. The normalized spacial score (nSPS) is 14.1. The second kappa shape index (κ2) is 8.47. The Morgan fingerprint density at radius 1 is 0.962 bits per heavy atom. The Kier molecular flexibility index (Phi) is 5.84. The van der Waals surface area contributed by atoms with Crippen LogP contribution in [-0.4, -0.2) is 51.4 Å². The molecule has 0 atom stereocenters. The summed E-state index contributed by atoms with van der Waals surface area (Å²) in [6, 6.07) is 15.9. The summed E-state index contributed by atoms with van der Waals surface area (Å²) in [6.07, 6.45) is -0.258. The minimum Gasteiger partial charge on any atom is -0.497 e. The van der Waals surface area contributed by atoms with E-state index in [0.29, 0.717) is 19.7 Å². The quantitative estimate of drug-likeness (QED) is 0.824. The number of benzene rings is 2. The molecule has 3 rings (SSSR count). The first-order valence-electron chi connectivity index (χ1n) is 8.63. The van der Waals surface area contributed by atoms with Crippen molar-refractivity contribution in [1.82, 2.24) is 4.90 Å². The van der Waals surface area contributed by atoms with Gasteiger partial charge in [0.1, 0.15) is 18.1 Å². The van der Waals surface area contributed by atoms with Crippen LogP contribution in [0.1, 0.15) is 5.56 Å². The summed E-state index contributed by atoms with van der Waals surface area (Å²) in [4.78, 5) is 15.5. The number of methoxy groups -OCH3 is 2. The summed E-state index contributed by atoms with van der Waals surface area (Å²) in [5.41, 5.74) is 2.19. The van der Waals surface area contributed by atoms with Crippen molar-refractivity contribution in [2.45, 2.75) is 6.61 Å². The fraction of sp³-hybridized carbons (Fsp3) is 0.350. The van der Waals surface area contributed by atoms with Crippen molar-refractivity contribution in [1.29, 1.82) is 0 Å². The Balaban J connectivity index is 1.53. The highest BCUT2D eigenvalue weighted by molar-refractivity contribution is 5.68. The molecule has 6 heteroatoms. The number of ether oxygens (including phenoxy) is 3. The maximum Gasteiger partial charge on any atom is 0.409 e. The third-order valence-electron chi connectivity index (χ3n) is 4.45. The molecule has 26 heavy (non-hydrogen) atoms. The summed E-state index contributed by atoms with van der Waals surface area (Å²) in [7, 11) is 3.07. The Labute approximate surface area is 153 Å². The molecule has 1 heterocycles. The lowest BCUT2D eigenvalue weighted by molar-refractivity contribution is 0.121. The third kappa shape index (κ3) is 4.39. The maximum atomic E-state index is 11.5. The fourth-order valence-electron chi connectivity index (χ4n) is 2.96. The molecule has 1 amide bonds. The van der Waals surface area contributed by atoms with Crippen LogP contribution in [0.25, 0.3) is 0 Å². The van der Waals surface area contributed by atoms with Gasteiger partial charge in [0.2, 0.25) is 0 Å². The molecule has 6 nitrogen and oxygen atoms in total.